The van der Waals surface area contributed by atoms with Gasteiger partial charge in [-0.25, -0.2) is 19.9 Å². The van der Waals surface area contributed by atoms with Gasteiger partial charge in [-0.3, -0.25) is 0 Å². The molecule has 3 aromatic carbocycles. The smallest absolute Gasteiger partial charge is 0.184 e. The third-order valence-corrected chi connectivity index (χ3v) is 6.87. The zero-order valence-electron chi connectivity index (χ0n) is 24.1. The van der Waals surface area contributed by atoms with Gasteiger partial charge in [-0.05, 0) is 41.0 Å². The van der Waals surface area contributed by atoms with E-state index in [0.717, 1.165) is 28.2 Å². The fourth-order valence-electron chi connectivity index (χ4n) is 4.84. The second kappa shape index (κ2) is 12.8. The number of aromatic nitrogens is 4. The number of methoxy groups -OCH3 is 2. The Morgan fingerprint density at radius 3 is 2.02 bits per heavy atom. The Bertz CT molecular complexity index is 1570. The second-order valence-electron chi connectivity index (χ2n) is 9.94. The van der Waals surface area contributed by atoms with Gasteiger partial charge in [0.25, 0.3) is 0 Å². The van der Waals surface area contributed by atoms with Crippen molar-refractivity contribution in [2.24, 2.45) is 4.99 Å². The molecule has 0 aliphatic carbocycles. The first-order chi connectivity index (χ1) is 20.4. The Morgan fingerprint density at radius 2 is 1.45 bits per heavy atom. The molecule has 2 aromatic heterocycles. The van der Waals surface area contributed by atoms with Crippen LogP contribution in [0, 0.1) is 0 Å². The summed E-state index contributed by atoms with van der Waals surface area (Å²) in [6.45, 7) is 0.226. The number of imidazole rings is 1. The molecule has 5 rings (SSSR count). The largest absolute Gasteiger partial charge is 0.497 e. The van der Waals surface area contributed by atoms with Crippen LogP contribution in [-0.4, -0.2) is 76.9 Å². The van der Waals surface area contributed by atoms with Crippen LogP contribution in [0.4, 0.5) is 5.82 Å². The molecule has 0 amide bonds. The molecule has 5 aromatic rings. The van der Waals surface area contributed by atoms with Gasteiger partial charge in [-0.1, -0.05) is 54.6 Å². The lowest BCUT2D eigenvalue weighted by molar-refractivity contribution is -0.0421. The van der Waals surface area contributed by atoms with Crippen LogP contribution < -0.4 is 9.47 Å². The summed E-state index contributed by atoms with van der Waals surface area (Å²) >= 11 is 0. The monoisotopic (exact) mass is 566 g/mol. The summed E-state index contributed by atoms with van der Waals surface area (Å²) in [7, 11) is 7.03. The third kappa shape index (κ3) is 5.95. The number of hydrogen-bond donors (Lipinski definition) is 1. The Balaban J connectivity index is 1.49. The quantitative estimate of drug-likeness (QED) is 0.134. The van der Waals surface area contributed by atoms with E-state index in [4.69, 9.17) is 14.2 Å². The number of aliphatic imine (C=N–C) groups is 1. The molecular formula is C32H34N6O4. The second-order valence-corrected chi connectivity index (χ2v) is 9.94. The molecule has 42 heavy (non-hydrogen) atoms. The van der Waals surface area contributed by atoms with Gasteiger partial charge in [0, 0.05) is 14.1 Å². The van der Waals surface area contributed by atoms with Crippen LogP contribution >= 0.6 is 0 Å². The number of rotatable bonds is 12. The summed E-state index contributed by atoms with van der Waals surface area (Å²) in [5.41, 5.74) is 2.78. The molecule has 216 valence electrons. The van der Waals surface area contributed by atoms with E-state index >= 15 is 0 Å². The lowest BCUT2D eigenvalue weighted by atomic mass is 9.80. The predicted molar refractivity (Wildman–Crippen MR) is 161 cm³/mol. The van der Waals surface area contributed by atoms with Gasteiger partial charge in [0.2, 0.25) is 0 Å². The molecule has 0 fully saturated rings. The SMILES string of the molecule is COc1ccc(C(OCC(O)Cn2cnc3c(N=CN(C)C)ncnc32)(c2ccccc2)c2ccc(OC)cc2)cc1. The van der Waals surface area contributed by atoms with Gasteiger partial charge < -0.3 is 28.8 Å². The minimum atomic E-state index is -1.03. The first-order valence-electron chi connectivity index (χ1n) is 13.5. The number of hydrogen-bond acceptors (Lipinski definition) is 8. The van der Waals surface area contributed by atoms with Crippen molar-refractivity contribution in [3.05, 3.63) is 108 Å². The normalized spacial score (nSPS) is 12.5. The zero-order valence-corrected chi connectivity index (χ0v) is 24.1. The third-order valence-electron chi connectivity index (χ3n) is 6.87. The van der Waals surface area contributed by atoms with E-state index in [1.165, 1.54) is 6.33 Å². The number of benzene rings is 3. The summed E-state index contributed by atoms with van der Waals surface area (Å²) in [6, 6.07) is 25.5. The van der Waals surface area contributed by atoms with E-state index in [9.17, 15) is 5.11 Å². The molecule has 1 atom stereocenters. The van der Waals surface area contributed by atoms with E-state index in [2.05, 4.69) is 19.9 Å². The van der Waals surface area contributed by atoms with E-state index < -0.39 is 11.7 Å². The number of aliphatic hydroxyl groups is 1. The first kappa shape index (κ1) is 28.7. The van der Waals surface area contributed by atoms with Crippen LogP contribution in [0.5, 0.6) is 11.5 Å². The highest BCUT2D eigenvalue weighted by atomic mass is 16.5. The van der Waals surface area contributed by atoms with Crippen LogP contribution in [0.1, 0.15) is 16.7 Å². The number of aliphatic hydroxyl groups excluding tert-OH is 1. The standard InChI is InChI=1S/C32H34N6O4/c1-37(2)21-36-30-29-31(34-20-33-30)38(22-35-29)18-26(39)19-42-32(23-8-6-5-7-9-23,24-10-14-27(40-3)15-11-24)25-12-16-28(41-4)17-13-25/h5-17,20-22,26,39H,18-19H2,1-4H3. The fourth-order valence-corrected chi connectivity index (χ4v) is 4.84. The molecule has 2 heterocycles. The van der Waals surface area contributed by atoms with Crippen LogP contribution in [0.3, 0.4) is 0 Å². The highest BCUT2D eigenvalue weighted by Crippen LogP contribution is 2.41. The maximum absolute atomic E-state index is 11.3. The Hall–Kier alpha value is -4.80. The van der Waals surface area contributed by atoms with Crippen LogP contribution in [-0.2, 0) is 16.9 Å². The molecule has 0 saturated heterocycles. The van der Waals surface area contributed by atoms with Crippen LogP contribution in [0.2, 0.25) is 0 Å². The summed E-state index contributed by atoms with van der Waals surface area (Å²) in [4.78, 5) is 19.3. The molecule has 1 unspecified atom stereocenters. The molecule has 10 nitrogen and oxygen atoms in total. The van der Waals surface area contributed by atoms with Crippen molar-refractivity contribution >= 4 is 23.3 Å². The van der Waals surface area contributed by atoms with Gasteiger partial charge >= 0.3 is 0 Å². The van der Waals surface area contributed by atoms with E-state index in [0.29, 0.717) is 17.0 Å². The van der Waals surface area contributed by atoms with Gasteiger partial charge in [0.1, 0.15) is 23.4 Å². The van der Waals surface area contributed by atoms with Crippen molar-refractivity contribution in [3.63, 3.8) is 0 Å². The highest BCUT2D eigenvalue weighted by Gasteiger charge is 2.38. The Kier molecular flexibility index (Phi) is 8.75. The van der Waals surface area contributed by atoms with Crippen molar-refractivity contribution < 1.29 is 19.3 Å². The summed E-state index contributed by atoms with van der Waals surface area (Å²) < 4.78 is 19.4. The number of fused-ring (bicyclic) bond motifs is 1. The van der Waals surface area contributed by atoms with Crippen molar-refractivity contribution in [1.29, 1.82) is 0 Å². The number of nitrogens with zero attached hydrogens (tertiary/aromatic N) is 6. The maximum atomic E-state index is 11.3. The predicted octanol–water partition coefficient (Wildman–Crippen LogP) is 4.43. The van der Waals surface area contributed by atoms with Crippen molar-refractivity contribution in [3.8, 4) is 11.5 Å². The van der Waals surface area contributed by atoms with Gasteiger partial charge in [-0.15, -0.1) is 0 Å². The fraction of sp³-hybridized carbons (Fsp3) is 0.250. The molecule has 10 heteroatoms. The molecule has 0 aliphatic heterocycles. The van der Waals surface area contributed by atoms with E-state index in [-0.39, 0.29) is 13.2 Å². The van der Waals surface area contributed by atoms with Gasteiger partial charge in [-0.2, -0.15) is 0 Å². The van der Waals surface area contributed by atoms with Crippen molar-refractivity contribution in [2.75, 3.05) is 34.9 Å². The topological polar surface area (TPSA) is 107 Å². The van der Waals surface area contributed by atoms with Crippen molar-refractivity contribution in [2.45, 2.75) is 18.2 Å². The average molecular weight is 567 g/mol. The lowest BCUT2D eigenvalue weighted by Crippen LogP contribution is -2.36. The van der Waals surface area contributed by atoms with Crippen LogP contribution in [0.15, 0.2) is 96.5 Å². The van der Waals surface area contributed by atoms with E-state index in [1.807, 2.05) is 97.9 Å². The highest BCUT2D eigenvalue weighted by molar-refractivity contribution is 5.82. The summed E-state index contributed by atoms with van der Waals surface area (Å²) in [6.07, 6.45) is 3.85. The van der Waals surface area contributed by atoms with E-state index in [1.54, 1.807) is 31.5 Å². The molecule has 0 bridgehead atoms. The Morgan fingerprint density at radius 1 is 0.857 bits per heavy atom. The lowest BCUT2D eigenvalue weighted by Gasteiger charge is -2.36. The molecule has 0 aliphatic rings. The van der Waals surface area contributed by atoms with Gasteiger partial charge in [0.05, 0.1) is 46.1 Å². The summed E-state index contributed by atoms with van der Waals surface area (Å²) in [5.74, 6) is 1.93. The number of ether oxygens (including phenoxy) is 3. The molecule has 0 saturated carbocycles. The molecule has 0 spiro atoms. The first-order valence-corrected chi connectivity index (χ1v) is 13.5. The Labute approximate surface area is 244 Å². The maximum Gasteiger partial charge on any atom is 0.184 e. The summed E-state index contributed by atoms with van der Waals surface area (Å²) in [5, 5.41) is 11.3. The molecule has 0 radical (unpaired) electrons. The minimum Gasteiger partial charge on any atom is -0.497 e. The molecular weight excluding hydrogens is 532 g/mol. The average Bonchev–Trinajstić information content (AvgIpc) is 3.44. The minimum absolute atomic E-state index is 0.0172. The van der Waals surface area contributed by atoms with Gasteiger partial charge in [0.15, 0.2) is 17.0 Å². The van der Waals surface area contributed by atoms with Crippen molar-refractivity contribution in [1.82, 2.24) is 24.4 Å². The zero-order chi connectivity index (χ0) is 29.5. The molecule has 1 N–H and O–H groups in total. The van der Waals surface area contributed by atoms with Crippen LogP contribution in [0.25, 0.3) is 11.2 Å².